The molecule has 1 aromatic heterocycles. The Labute approximate surface area is 193 Å². The summed E-state index contributed by atoms with van der Waals surface area (Å²) in [5, 5.41) is 4.16. The Hall–Kier alpha value is -3.86. The number of likely N-dealkylation sites (N-methyl/N-ethyl adjacent to an activating group) is 1. The molecule has 0 saturated heterocycles. The van der Waals surface area contributed by atoms with Crippen molar-refractivity contribution in [3.05, 3.63) is 101 Å². The molecule has 0 spiro atoms. The fourth-order valence-corrected chi connectivity index (χ4v) is 5.00. The first-order valence-electron chi connectivity index (χ1n) is 11.3. The maximum Gasteiger partial charge on any atom is 0.254 e. The molecule has 0 radical (unpaired) electrons. The van der Waals surface area contributed by atoms with Gasteiger partial charge in [0, 0.05) is 48.0 Å². The van der Waals surface area contributed by atoms with E-state index in [1.54, 1.807) is 11.9 Å². The van der Waals surface area contributed by atoms with Crippen molar-refractivity contribution in [2.75, 3.05) is 12.4 Å². The van der Waals surface area contributed by atoms with Gasteiger partial charge in [0.25, 0.3) is 5.91 Å². The summed E-state index contributed by atoms with van der Waals surface area (Å²) in [4.78, 5) is 28.9. The molecule has 2 atom stereocenters. The Morgan fingerprint density at radius 3 is 2.36 bits per heavy atom. The van der Waals surface area contributed by atoms with E-state index in [0.717, 1.165) is 34.1 Å². The summed E-state index contributed by atoms with van der Waals surface area (Å²) in [6.07, 6.45) is 2.99. The highest BCUT2D eigenvalue weighted by Gasteiger charge is 2.43. The third kappa shape index (κ3) is 3.50. The van der Waals surface area contributed by atoms with Crippen molar-refractivity contribution < 1.29 is 9.59 Å². The first kappa shape index (κ1) is 21.0. The van der Waals surface area contributed by atoms with E-state index in [0.29, 0.717) is 5.56 Å². The molecule has 4 aromatic rings. The van der Waals surface area contributed by atoms with Gasteiger partial charge in [0.05, 0.1) is 12.0 Å². The first-order chi connectivity index (χ1) is 16.0. The van der Waals surface area contributed by atoms with E-state index in [9.17, 15) is 9.59 Å². The van der Waals surface area contributed by atoms with Crippen LogP contribution in [0.4, 0.5) is 5.69 Å². The fraction of sp³-hybridized carbons (Fsp3) is 0.214. The van der Waals surface area contributed by atoms with Crippen LogP contribution in [0.3, 0.4) is 0 Å². The SMILES string of the molecule is CCc1ccc(NC(=O)[C@@H]2c3ccccc3C(=O)N(C)[C@H]2c2cn(C)c3ccccc23)cc1. The third-order valence-electron chi connectivity index (χ3n) is 6.74. The van der Waals surface area contributed by atoms with Crippen molar-refractivity contribution in [2.45, 2.75) is 25.3 Å². The topological polar surface area (TPSA) is 54.3 Å². The number of benzene rings is 3. The minimum atomic E-state index is -0.541. The van der Waals surface area contributed by atoms with Gasteiger partial charge in [-0.15, -0.1) is 0 Å². The van der Waals surface area contributed by atoms with Gasteiger partial charge in [0.2, 0.25) is 5.91 Å². The van der Waals surface area contributed by atoms with Crippen LogP contribution in [0.15, 0.2) is 79.0 Å². The van der Waals surface area contributed by atoms with Gasteiger partial charge in [-0.1, -0.05) is 55.5 Å². The predicted molar refractivity (Wildman–Crippen MR) is 131 cm³/mol. The van der Waals surface area contributed by atoms with Crippen molar-refractivity contribution in [1.29, 1.82) is 0 Å². The number of fused-ring (bicyclic) bond motifs is 2. The van der Waals surface area contributed by atoms with E-state index in [1.165, 1.54) is 5.56 Å². The summed E-state index contributed by atoms with van der Waals surface area (Å²) in [5.41, 5.74) is 5.36. The molecule has 0 bridgehead atoms. The second-order valence-corrected chi connectivity index (χ2v) is 8.68. The van der Waals surface area contributed by atoms with Gasteiger partial charge in [-0.2, -0.15) is 0 Å². The van der Waals surface area contributed by atoms with Crippen LogP contribution < -0.4 is 5.32 Å². The van der Waals surface area contributed by atoms with Gasteiger partial charge in [-0.3, -0.25) is 9.59 Å². The smallest absolute Gasteiger partial charge is 0.254 e. The lowest BCUT2D eigenvalue weighted by Gasteiger charge is -2.39. The molecular weight excluding hydrogens is 410 g/mol. The van der Waals surface area contributed by atoms with Gasteiger partial charge >= 0.3 is 0 Å². The molecule has 1 aliphatic heterocycles. The molecule has 0 fully saturated rings. The molecule has 166 valence electrons. The summed E-state index contributed by atoms with van der Waals surface area (Å²) < 4.78 is 2.06. The number of carbonyl (C=O) groups is 2. The van der Waals surface area contributed by atoms with Crippen molar-refractivity contribution in [1.82, 2.24) is 9.47 Å². The Bertz CT molecular complexity index is 1350. The summed E-state index contributed by atoms with van der Waals surface area (Å²) in [6, 6.07) is 23.1. The van der Waals surface area contributed by atoms with Crippen LogP contribution in [0.2, 0.25) is 0 Å². The van der Waals surface area contributed by atoms with Gasteiger partial charge in [0.15, 0.2) is 0 Å². The molecule has 3 aromatic carbocycles. The Balaban J connectivity index is 1.64. The minimum Gasteiger partial charge on any atom is -0.350 e. The van der Waals surface area contributed by atoms with Crippen LogP contribution >= 0.6 is 0 Å². The number of anilines is 1. The molecule has 2 amide bonds. The van der Waals surface area contributed by atoms with E-state index in [2.05, 4.69) is 28.9 Å². The number of carbonyl (C=O) groups excluding carboxylic acids is 2. The number of amides is 2. The number of hydrogen-bond donors (Lipinski definition) is 1. The highest BCUT2D eigenvalue weighted by atomic mass is 16.2. The maximum atomic E-state index is 13.8. The van der Waals surface area contributed by atoms with Crippen molar-refractivity contribution in [3.8, 4) is 0 Å². The van der Waals surface area contributed by atoms with E-state index < -0.39 is 12.0 Å². The molecule has 33 heavy (non-hydrogen) atoms. The van der Waals surface area contributed by atoms with Crippen LogP contribution in [0.1, 0.15) is 45.9 Å². The number of hydrogen-bond acceptors (Lipinski definition) is 2. The van der Waals surface area contributed by atoms with Crippen LogP contribution in [0, 0.1) is 0 Å². The Morgan fingerprint density at radius 1 is 0.909 bits per heavy atom. The summed E-state index contributed by atoms with van der Waals surface area (Å²) in [6.45, 7) is 2.11. The highest BCUT2D eigenvalue weighted by Crippen LogP contribution is 2.44. The first-order valence-corrected chi connectivity index (χ1v) is 11.3. The second-order valence-electron chi connectivity index (χ2n) is 8.68. The van der Waals surface area contributed by atoms with E-state index >= 15 is 0 Å². The van der Waals surface area contributed by atoms with Crippen molar-refractivity contribution >= 4 is 28.4 Å². The summed E-state index contributed by atoms with van der Waals surface area (Å²) in [5.74, 6) is -0.732. The molecule has 1 aliphatic rings. The minimum absolute atomic E-state index is 0.0696. The molecule has 2 heterocycles. The summed E-state index contributed by atoms with van der Waals surface area (Å²) in [7, 11) is 3.79. The number of aromatic nitrogens is 1. The van der Waals surface area contributed by atoms with Crippen molar-refractivity contribution in [2.24, 2.45) is 7.05 Å². The zero-order chi connectivity index (χ0) is 23.1. The number of rotatable bonds is 4. The number of aryl methyl sites for hydroxylation is 2. The standard InChI is InChI=1S/C28H27N3O2/c1-4-18-13-15-19(16-14-18)29-27(32)25-21-10-5-6-11-22(21)28(33)31(3)26(25)23-17-30(2)24-12-8-7-9-20(23)24/h5-17,25-26H,4H2,1-3H3,(H,29,32)/t25-,26+/m1/s1. The molecular formula is C28H27N3O2. The molecule has 5 heteroatoms. The van der Waals surface area contributed by atoms with Crippen LogP contribution in [-0.4, -0.2) is 28.3 Å². The molecule has 0 saturated carbocycles. The monoisotopic (exact) mass is 437 g/mol. The lowest BCUT2D eigenvalue weighted by atomic mass is 9.79. The lowest BCUT2D eigenvalue weighted by molar-refractivity contribution is -0.119. The van der Waals surface area contributed by atoms with Gasteiger partial charge in [-0.05, 0) is 41.8 Å². The van der Waals surface area contributed by atoms with Gasteiger partial charge in [-0.25, -0.2) is 0 Å². The number of nitrogens with zero attached hydrogens (tertiary/aromatic N) is 2. The summed E-state index contributed by atoms with van der Waals surface area (Å²) >= 11 is 0. The highest BCUT2D eigenvalue weighted by molar-refractivity contribution is 6.05. The van der Waals surface area contributed by atoms with Gasteiger partial charge < -0.3 is 14.8 Å². The van der Waals surface area contributed by atoms with Crippen molar-refractivity contribution in [3.63, 3.8) is 0 Å². The van der Waals surface area contributed by atoms with Gasteiger partial charge in [0.1, 0.15) is 0 Å². The zero-order valence-electron chi connectivity index (χ0n) is 19.1. The molecule has 0 aliphatic carbocycles. The Kier molecular flexibility index (Phi) is 5.25. The van der Waals surface area contributed by atoms with E-state index in [-0.39, 0.29) is 11.8 Å². The lowest BCUT2D eigenvalue weighted by Crippen LogP contribution is -2.44. The Morgan fingerprint density at radius 2 is 1.61 bits per heavy atom. The molecule has 1 N–H and O–H groups in total. The third-order valence-corrected chi connectivity index (χ3v) is 6.74. The van der Waals surface area contributed by atoms with Crippen LogP contribution in [-0.2, 0) is 18.3 Å². The zero-order valence-corrected chi connectivity index (χ0v) is 19.1. The van der Waals surface area contributed by atoms with Crippen LogP contribution in [0.25, 0.3) is 10.9 Å². The normalized spacial score (nSPS) is 17.8. The average Bonchev–Trinajstić information content (AvgIpc) is 3.18. The number of nitrogens with one attached hydrogen (secondary N) is 1. The average molecular weight is 438 g/mol. The molecule has 5 rings (SSSR count). The fourth-order valence-electron chi connectivity index (χ4n) is 5.00. The van der Waals surface area contributed by atoms with E-state index in [1.807, 2.05) is 73.9 Å². The van der Waals surface area contributed by atoms with E-state index in [4.69, 9.17) is 0 Å². The molecule has 5 nitrogen and oxygen atoms in total. The van der Waals surface area contributed by atoms with Crippen LogP contribution in [0.5, 0.6) is 0 Å². The second kappa shape index (κ2) is 8.24. The molecule has 0 unspecified atom stereocenters. The maximum absolute atomic E-state index is 13.8. The predicted octanol–water partition coefficient (Wildman–Crippen LogP) is 5.29. The number of para-hydroxylation sites is 1. The largest absolute Gasteiger partial charge is 0.350 e. The quantitative estimate of drug-likeness (QED) is 0.472.